The van der Waals surface area contributed by atoms with Crippen LogP contribution in [0.2, 0.25) is 0 Å². The van der Waals surface area contributed by atoms with Crippen molar-refractivity contribution < 1.29 is 9.00 Å². The lowest BCUT2D eigenvalue weighted by atomic mass is 10.2. The van der Waals surface area contributed by atoms with E-state index in [2.05, 4.69) is 12.2 Å². The minimum absolute atomic E-state index is 0.0958. The quantitative estimate of drug-likeness (QED) is 0.754. The van der Waals surface area contributed by atoms with Gasteiger partial charge in [-0.25, -0.2) is 0 Å². The molecular weight excluding hydrogens is 234 g/mol. The van der Waals surface area contributed by atoms with Crippen LogP contribution in [0, 0.1) is 0 Å². The highest BCUT2D eigenvalue weighted by Gasteiger charge is 2.07. The van der Waals surface area contributed by atoms with Crippen molar-refractivity contribution in [2.24, 2.45) is 0 Å². The fourth-order valence-corrected chi connectivity index (χ4v) is 2.47. The van der Waals surface area contributed by atoms with Crippen LogP contribution in [0.4, 0.5) is 0 Å². The summed E-state index contributed by atoms with van der Waals surface area (Å²) in [6.45, 7) is 2.75. The van der Waals surface area contributed by atoms with Crippen LogP contribution in [0.1, 0.15) is 25.3 Å². The normalized spacial score (nSPS) is 12.1. The van der Waals surface area contributed by atoms with E-state index in [0.29, 0.717) is 12.3 Å². The third kappa shape index (κ3) is 6.22. The summed E-state index contributed by atoms with van der Waals surface area (Å²) in [6, 6.07) is 9.59. The monoisotopic (exact) mass is 253 g/mol. The lowest BCUT2D eigenvalue weighted by Crippen LogP contribution is -2.29. The van der Waals surface area contributed by atoms with Crippen molar-refractivity contribution in [1.29, 1.82) is 0 Å². The predicted octanol–water partition coefficient (Wildman–Crippen LogP) is 1.85. The van der Waals surface area contributed by atoms with Crippen LogP contribution >= 0.6 is 0 Å². The maximum atomic E-state index is 11.7. The molecular formula is C13H19NO2S. The Morgan fingerprint density at radius 3 is 2.65 bits per heavy atom. The van der Waals surface area contributed by atoms with Crippen LogP contribution in [0.5, 0.6) is 0 Å². The Bertz CT molecular complexity index is 365. The molecule has 1 aromatic carbocycles. The molecule has 0 aromatic heterocycles. The Morgan fingerprint density at radius 2 is 2.00 bits per heavy atom. The number of carbonyl (C=O) groups is 1. The first-order chi connectivity index (χ1) is 8.22. The first-order valence-corrected chi connectivity index (χ1v) is 7.36. The molecule has 3 nitrogen and oxygen atoms in total. The molecule has 0 heterocycles. The maximum absolute atomic E-state index is 11.7. The average molecular weight is 253 g/mol. The lowest BCUT2D eigenvalue weighted by Gasteiger charge is -2.04. The Kier molecular flexibility index (Phi) is 6.55. The van der Waals surface area contributed by atoms with Crippen LogP contribution in [0.15, 0.2) is 30.3 Å². The highest BCUT2D eigenvalue weighted by Crippen LogP contribution is 2.02. The summed E-state index contributed by atoms with van der Waals surface area (Å²) in [6.07, 6.45) is 2.02. The van der Waals surface area contributed by atoms with Crippen molar-refractivity contribution in [1.82, 2.24) is 5.32 Å². The van der Waals surface area contributed by atoms with Gasteiger partial charge < -0.3 is 5.32 Å². The van der Waals surface area contributed by atoms with E-state index in [1.807, 2.05) is 30.3 Å². The SMILES string of the molecule is CCCCNC(=O)C[S@](=O)Cc1ccccc1. The van der Waals surface area contributed by atoms with Gasteiger partial charge in [0.2, 0.25) is 5.91 Å². The number of rotatable bonds is 7. The van der Waals surface area contributed by atoms with Gasteiger partial charge >= 0.3 is 0 Å². The van der Waals surface area contributed by atoms with Gasteiger partial charge in [0.05, 0.1) is 0 Å². The first kappa shape index (κ1) is 13.9. The molecule has 0 fully saturated rings. The number of amides is 1. The molecule has 4 heteroatoms. The highest BCUT2D eigenvalue weighted by molar-refractivity contribution is 7.84. The van der Waals surface area contributed by atoms with E-state index in [9.17, 15) is 9.00 Å². The number of nitrogens with one attached hydrogen (secondary N) is 1. The molecule has 0 aliphatic heterocycles. The third-order valence-electron chi connectivity index (χ3n) is 2.32. The minimum atomic E-state index is -1.12. The standard InChI is InChI=1S/C13H19NO2S/c1-2-3-9-14-13(15)11-17(16)10-12-7-5-4-6-8-12/h4-8H,2-3,9-11H2,1H3,(H,14,15)/t17-/m1/s1. The van der Waals surface area contributed by atoms with E-state index in [1.54, 1.807) is 0 Å². The summed E-state index contributed by atoms with van der Waals surface area (Å²) in [4.78, 5) is 11.4. The van der Waals surface area contributed by atoms with Crippen molar-refractivity contribution >= 4 is 16.7 Å². The van der Waals surface area contributed by atoms with Crippen molar-refractivity contribution in [2.75, 3.05) is 12.3 Å². The van der Waals surface area contributed by atoms with E-state index in [4.69, 9.17) is 0 Å². The van der Waals surface area contributed by atoms with Gasteiger partial charge in [0.1, 0.15) is 5.75 Å². The van der Waals surface area contributed by atoms with Gasteiger partial charge in [0.15, 0.2) is 0 Å². The van der Waals surface area contributed by atoms with Crippen molar-refractivity contribution in [3.63, 3.8) is 0 Å². The van der Waals surface area contributed by atoms with Crippen molar-refractivity contribution in [3.8, 4) is 0 Å². The van der Waals surface area contributed by atoms with Crippen molar-refractivity contribution in [3.05, 3.63) is 35.9 Å². The summed E-state index contributed by atoms with van der Waals surface area (Å²) in [5, 5.41) is 2.77. The number of benzene rings is 1. The second-order valence-electron chi connectivity index (χ2n) is 3.92. The molecule has 17 heavy (non-hydrogen) atoms. The van der Waals surface area contributed by atoms with E-state index >= 15 is 0 Å². The second-order valence-corrected chi connectivity index (χ2v) is 5.37. The zero-order valence-electron chi connectivity index (χ0n) is 10.1. The smallest absolute Gasteiger partial charge is 0.232 e. The fraction of sp³-hybridized carbons (Fsp3) is 0.462. The van der Waals surface area contributed by atoms with Crippen LogP contribution in [-0.4, -0.2) is 22.4 Å². The van der Waals surface area contributed by atoms with Gasteiger partial charge in [-0.05, 0) is 12.0 Å². The molecule has 0 saturated heterocycles. The molecule has 0 spiro atoms. The molecule has 94 valence electrons. The highest BCUT2D eigenvalue weighted by atomic mass is 32.2. The topological polar surface area (TPSA) is 46.2 Å². The Labute approximate surface area is 105 Å². The number of hydrogen-bond acceptors (Lipinski definition) is 2. The number of carbonyl (C=O) groups excluding carboxylic acids is 1. The Hall–Kier alpha value is -1.16. The fourth-order valence-electron chi connectivity index (χ4n) is 1.41. The Balaban J connectivity index is 2.27. The van der Waals surface area contributed by atoms with Crippen LogP contribution in [-0.2, 0) is 21.3 Å². The van der Waals surface area contributed by atoms with E-state index < -0.39 is 10.8 Å². The second kappa shape index (κ2) is 8.01. The summed E-state index contributed by atoms with van der Waals surface area (Å²) >= 11 is 0. The summed E-state index contributed by atoms with van der Waals surface area (Å²) < 4.78 is 11.7. The number of unbranched alkanes of at least 4 members (excludes halogenated alkanes) is 1. The van der Waals surface area contributed by atoms with E-state index in [1.165, 1.54) is 0 Å². The molecule has 0 unspecified atom stereocenters. The van der Waals surface area contributed by atoms with Gasteiger partial charge in [-0.1, -0.05) is 43.7 Å². The Morgan fingerprint density at radius 1 is 1.29 bits per heavy atom. The van der Waals surface area contributed by atoms with Gasteiger partial charge in [-0.3, -0.25) is 9.00 Å². The molecule has 0 bridgehead atoms. The maximum Gasteiger partial charge on any atom is 0.232 e. The van der Waals surface area contributed by atoms with Crippen molar-refractivity contribution in [2.45, 2.75) is 25.5 Å². The van der Waals surface area contributed by atoms with E-state index in [0.717, 1.165) is 18.4 Å². The predicted molar refractivity (Wildman–Crippen MR) is 71.1 cm³/mol. The first-order valence-electron chi connectivity index (χ1n) is 5.88. The van der Waals surface area contributed by atoms with Gasteiger partial charge in [0.25, 0.3) is 0 Å². The van der Waals surface area contributed by atoms with E-state index in [-0.39, 0.29) is 11.7 Å². The zero-order valence-corrected chi connectivity index (χ0v) is 11.0. The third-order valence-corrected chi connectivity index (χ3v) is 3.55. The molecule has 1 rings (SSSR count). The largest absolute Gasteiger partial charge is 0.355 e. The van der Waals surface area contributed by atoms with Gasteiger partial charge in [-0.2, -0.15) is 0 Å². The molecule has 0 aliphatic carbocycles. The number of hydrogen-bond donors (Lipinski definition) is 1. The summed E-state index contributed by atoms with van der Waals surface area (Å²) in [7, 11) is -1.12. The van der Waals surface area contributed by atoms with Gasteiger partial charge in [-0.15, -0.1) is 0 Å². The molecule has 1 amide bonds. The molecule has 1 aromatic rings. The molecule has 0 radical (unpaired) electrons. The van der Waals surface area contributed by atoms with Crippen LogP contribution in [0.3, 0.4) is 0 Å². The van der Waals surface area contributed by atoms with Gasteiger partial charge in [0, 0.05) is 23.1 Å². The zero-order chi connectivity index (χ0) is 12.5. The minimum Gasteiger partial charge on any atom is -0.355 e. The molecule has 0 saturated carbocycles. The van der Waals surface area contributed by atoms with Crippen LogP contribution < -0.4 is 5.32 Å². The average Bonchev–Trinajstić information content (AvgIpc) is 2.30. The summed E-state index contributed by atoms with van der Waals surface area (Å²) in [5.41, 5.74) is 1.01. The van der Waals surface area contributed by atoms with Crippen LogP contribution in [0.25, 0.3) is 0 Å². The molecule has 1 N–H and O–H groups in total. The molecule has 0 aliphatic rings. The molecule has 1 atom stereocenters. The summed E-state index contributed by atoms with van der Waals surface area (Å²) in [5.74, 6) is 0.424. The lowest BCUT2D eigenvalue weighted by molar-refractivity contribution is -0.118.